The highest BCUT2D eigenvalue weighted by Crippen LogP contribution is 2.28. The molecule has 1 N–H and O–H groups in total. The second kappa shape index (κ2) is 7.57. The number of hydrogen-bond acceptors (Lipinski definition) is 3. The van der Waals surface area contributed by atoms with Crippen molar-refractivity contribution in [3.05, 3.63) is 30.1 Å². The first-order valence-electron chi connectivity index (χ1n) is 8.71. The fraction of sp³-hybridized carbons (Fsp3) is 0.611. The Bertz CT molecular complexity index is 532. The molecule has 0 aromatic carbocycles. The van der Waals surface area contributed by atoms with Crippen molar-refractivity contribution in [1.82, 2.24) is 15.2 Å². The number of nitrogens with one attached hydrogen (secondary N) is 1. The molecular weight excluding hydrogens is 290 g/mol. The van der Waals surface area contributed by atoms with Crippen molar-refractivity contribution in [2.24, 2.45) is 11.8 Å². The highest BCUT2D eigenvalue weighted by molar-refractivity contribution is 5.93. The largest absolute Gasteiger partial charge is 0.352 e. The summed E-state index contributed by atoms with van der Waals surface area (Å²) in [6.45, 7) is 2.35. The summed E-state index contributed by atoms with van der Waals surface area (Å²) in [7, 11) is 0. The number of likely N-dealkylation sites (tertiary alicyclic amines) is 1. The summed E-state index contributed by atoms with van der Waals surface area (Å²) in [4.78, 5) is 30.4. The molecule has 3 rings (SSSR count). The minimum absolute atomic E-state index is 0.0671. The van der Waals surface area contributed by atoms with E-state index in [0.717, 1.165) is 38.8 Å². The van der Waals surface area contributed by atoms with E-state index < -0.39 is 0 Å². The zero-order valence-electron chi connectivity index (χ0n) is 13.5. The Hall–Kier alpha value is -1.91. The quantitative estimate of drug-likeness (QED) is 0.927. The lowest BCUT2D eigenvalue weighted by molar-refractivity contribution is -0.136. The molecule has 5 heteroatoms. The van der Waals surface area contributed by atoms with Gasteiger partial charge in [0.2, 0.25) is 5.91 Å². The SMILES string of the molecule is O=C(NCC1CCN(C(=O)C2CCCC2)CC1)c1cccnc1. The van der Waals surface area contributed by atoms with Gasteiger partial charge in [-0.05, 0) is 43.7 Å². The van der Waals surface area contributed by atoms with Gasteiger partial charge in [0.15, 0.2) is 0 Å². The van der Waals surface area contributed by atoms with Gasteiger partial charge in [0.1, 0.15) is 0 Å². The molecule has 1 aliphatic heterocycles. The summed E-state index contributed by atoms with van der Waals surface area (Å²) in [5.41, 5.74) is 0.598. The Kier molecular flexibility index (Phi) is 5.26. The van der Waals surface area contributed by atoms with Gasteiger partial charge >= 0.3 is 0 Å². The first kappa shape index (κ1) is 16.0. The predicted octanol–water partition coefficient (Wildman–Crippen LogP) is 2.24. The van der Waals surface area contributed by atoms with Crippen molar-refractivity contribution in [2.75, 3.05) is 19.6 Å². The maximum atomic E-state index is 12.4. The number of pyridine rings is 1. The molecular formula is C18H25N3O2. The molecule has 0 radical (unpaired) electrons. The van der Waals surface area contributed by atoms with Crippen LogP contribution in [0.15, 0.2) is 24.5 Å². The van der Waals surface area contributed by atoms with E-state index in [1.165, 1.54) is 12.8 Å². The van der Waals surface area contributed by atoms with E-state index in [2.05, 4.69) is 10.3 Å². The lowest BCUT2D eigenvalue weighted by atomic mass is 9.95. The Balaban J connectivity index is 1.41. The zero-order chi connectivity index (χ0) is 16.1. The smallest absolute Gasteiger partial charge is 0.252 e. The third kappa shape index (κ3) is 4.09. The fourth-order valence-electron chi connectivity index (χ4n) is 3.62. The second-order valence-electron chi connectivity index (χ2n) is 6.70. The molecule has 1 saturated carbocycles. The maximum Gasteiger partial charge on any atom is 0.252 e. The molecule has 0 spiro atoms. The van der Waals surface area contributed by atoms with E-state index in [9.17, 15) is 9.59 Å². The van der Waals surface area contributed by atoms with Gasteiger partial charge in [-0.3, -0.25) is 14.6 Å². The molecule has 5 nitrogen and oxygen atoms in total. The molecule has 2 aliphatic rings. The number of carbonyl (C=O) groups is 2. The molecule has 23 heavy (non-hydrogen) atoms. The lowest BCUT2D eigenvalue weighted by Gasteiger charge is -2.33. The standard InChI is InChI=1S/C18H25N3O2/c22-17(16-6-3-9-19-13-16)20-12-14-7-10-21(11-8-14)18(23)15-4-1-2-5-15/h3,6,9,13-15H,1-2,4-5,7-8,10-12H2,(H,20,22). The molecule has 1 aromatic rings. The highest BCUT2D eigenvalue weighted by atomic mass is 16.2. The lowest BCUT2D eigenvalue weighted by Crippen LogP contribution is -2.43. The van der Waals surface area contributed by atoms with Crippen LogP contribution in [0.5, 0.6) is 0 Å². The number of nitrogens with zero attached hydrogens (tertiary/aromatic N) is 2. The van der Waals surface area contributed by atoms with E-state index in [0.29, 0.717) is 23.9 Å². The molecule has 2 amide bonds. The number of aromatic nitrogens is 1. The van der Waals surface area contributed by atoms with Gasteiger partial charge in [0.25, 0.3) is 5.91 Å². The molecule has 1 aliphatic carbocycles. The van der Waals surface area contributed by atoms with Gasteiger partial charge in [-0.25, -0.2) is 0 Å². The summed E-state index contributed by atoms with van der Waals surface area (Å²) in [5, 5.41) is 2.99. The van der Waals surface area contributed by atoms with Crippen LogP contribution in [0.1, 0.15) is 48.9 Å². The van der Waals surface area contributed by atoms with Crippen molar-refractivity contribution < 1.29 is 9.59 Å². The number of amides is 2. The van der Waals surface area contributed by atoms with E-state index in [4.69, 9.17) is 0 Å². The van der Waals surface area contributed by atoms with Gasteiger partial charge in [-0.15, -0.1) is 0 Å². The number of rotatable bonds is 4. The Morgan fingerprint density at radius 1 is 1.17 bits per heavy atom. The van der Waals surface area contributed by atoms with Crippen LogP contribution in [0, 0.1) is 11.8 Å². The maximum absolute atomic E-state index is 12.4. The van der Waals surface area contributed by atoms with Crippen LogP contribution in [-0.2, 0) is 4.79 Å². The van der Waals surface area contributed by atoms with Gasteiger partial charge < -0.3 is 10.2 Å². The van der Waals surface area contributed by atoms with E-state index in [-0.39, 0.29) is 11.8 Å². The number of piperidine rings is 1. The topological polar surface area (TPSA) is 62.3 Å². The molecule has 0 atom stereocenters. The normalized spacial score (nSPS) is 19.7. The van der Waals surface area contributed by atoms with Crippen LogP contribution in [-0.4, -0.2) is 41.3 Å². The first-order chi connectivity index (χ1) is 11.2. The molecule has 1 aromatic heterocycles. The monoisotopic (exact) mass is 315 g/mol. The number of carbonyl (C=O) groups excluding carboxylic acids is 2. The Morgan fingerprint density at radius 3 is 2.57 bits per heavy atom. The molecule has 124 valence electrons. The summed E-state index contributed by atoms with van der Waals surface area (Å²) in [6.07, 6.45) is 9.74. The Labute approximate surface area is 137 Å². The second-order valence-corrected chi connectivity index (χ2v) is 6.70. The van der Waals surface area contributed by atoms with Crippen LogP contribution < -0.4 is 5.32 Å². The van der Waals surface area contributed by atoms with Crippen LogP contribution in [0.25, 0.3) is 0 Å². The Morgan fingerprint density at radius 2 is 1.91 bits per heavy atom. The minimum atomic E-state index is -0.0671. The average molecular weight is 315 g/mol. The summed E-state index contributed by atoms with van der Waals surface area (Å²) < 4.78 is 0. The summed E-state index contributed by atoms with van der Waals surface area (Å²) in [6, 6.07) is 3.53. The van der Waals surface area contributed by atoms with Crippen molar-refractivity contribution in [1.29, 1.82) is 0 Å². The highest BCUT2D eigenvalue weighted by Gasteiger charge is 2.30. The average Bonchev–Trinajstić information content (AvgIpc) is 3.15. The summed E-state index contributed by atoms with van der Waals surface area (Å²) >= 11 is 0. The van der Waals surface area contributed by atoms with Gasteiger partial charge in [-0.2, -0.15) is 0 Å². The van der Waals surface area contributed by atoms with E-state index >= 15 is 0 Å². The van der Waals surface area contributed by atoms with E-state index in [1.54, 1.807) is 24.5 Å². The van der Waals surface area contributed by atoms with Crippen molar-refractivity contribution in [2.45, 2.75) is 38.5 Å². The van der Waals surface area contributed by atoms with E-state index in [1.807, 2.05) is 4.90 Å². The van der Waals surface area contributed by atoms with Crippen molar-refractivity contribution in [3.63, 3.8) is 0 Å². The van der Waals surface area contributed by atoms with Gasteiger partial charge in [-0.1, -0.05) is 12.8 Å². The molecule has 2 fully saturated rings. The van der Waals surface area contributed by atoms with Crippen molar-refractivity contribution in [3.8, 4) is 0 Å². The van der Waals surface area contributed by atoms with Crippen molar-refractivity contribution >= 4 is 11.8 Å². The molecule has 1 saturated heterocycles. The third-order valence-electron chi connectivity index (χ3n) is 5.11. The molecule has 0 bridgehead atoms. The molecule has 2 heterocycles. The molecule has 0 unspecified atom stereocenters. The third-order valence-corrected chi connectivity index (χ3v) is 5.11. The van der Waals surface area contributed by atoms with Crippen LogP contribution in [0.2, 0.25) is 0 Å². The van der Waals surface area contributed by atoms with Crippen LogP contribution in [0.4, 0.5) is 0 Å². The predicted molar refractivity (Wildman–Crippen MR) is 87.8 cm³/mol. The fourth-order valence-corrected chi connectivity index (χ4v) is 3.62. The summed E-state index contributed by atoms with van der Waals surface area (Å²) in [5.74, 6) is 1.03. The van der Waals surface area contributed by atoms with Crippen LogP contribution in [0.3, 0.4) is 0 Å². The number of hydrogen-bond donors (Lipinski definition) is 1. The first-order valence-corrected chi connectivity index (χ1v) is 8.71. The van der Waals surface area contributed by atoms with Crippen LogP contribution >= 0.6 is 0 Å². The zero-order valence-corrected chi connectivity index (χ0v) is 13.5. The van der Waals surface area contributed by atoms with Gasteiger partial charge in [0.05, 0.1) is 5.56 Å². The van der Waals surface area contributed by atoms with Gasteiger partial charge in [0, 0.05) is 37.9 Å². The minimum Gasteiger partial charge on any atom is -0.352 e.